The predicted octanol–water partition coefficient (Wildman–Crippen LogP) is 0.419. The van der Waals surface area contributed by atoms with Gasteiger partial charge in [0.25, 0.3) is 5.91 Å². The number of amides is 1. The number of benzene rings is 1. The lowest BCUT2D eigenvalue weighted by molar-refractivity contribution is 0.0611. The van der Waals surface area contributed by atoms with Crippen LogP contribution in [0.25, 0.3) is 0 Å². The summed E-state index contributed by atoms with van der Waals surface area (Å²) in [6.07, 6.45) is 1.13. The maximum Gasteiger partial charge on any atom is 0.253 e. The van der Waals surface area contributed by atoms with Crippen LogP contribution in [0.3, 0.4) is 0 Å². The minimum atomic E-state index is -2.68. The topological polar surface area (TPSA) is 79.0 Å². The van der Waals surface area contributed by atoms with E-state index in [-0.39, 0.29) is 5.91 Å². The molecule has 0 spiro atoms. The molecule has 1 aromatic rings. The van der Waals surface area contributed by atoms with Crippen molar-refractivity contribution < 1.29 is 17.9 Å². The Morgan fingerprint density at radius 2 is 1.88 bits per heavy atom. The molecule has 2 heterocycles. The van der Waals surface area contributed by atoms with Gasteiger partial charge < -0.3 is 9.64 Å². The molecule has 2 aliphatic rings. The number of rotatable bonds is 5. The van der Waals surface area contributed by atoms with Gasteiger partial charge in [0, 0.05) is 50.6 Å². The van der Waals surface area contributed by atoms with E-state index in [1.54, 1.807) is 24.3 Å². The van der Waals surface area contributed by atoms with Crippen LogP contribution in [0.1, 0.15) is 16.8 Å². The minimum absolute atomic E-state index is 0.00286. The van der Waals surface area contributed by atoms with Crippen molar-refractivity contribution in [1.29, 1.82) is 0 Å². The molecule has 2 saturated heterocycles. The molecule has 3 rings (SSSR count). The number of hydrogen-bond donors (Lipinski definition) is 2. The Kier molecular flexibility index (Phi) is 5.70. The molecule has 0 aromatic heterocycles. The normalized spacial score (nSPS) is 22.0. The number of piperazine rings is 1. The molecular weight excluding hydrogens is 330 g/mol. The van der Waals surface area contributed by atoms with Crippen molar-refractivity contribution in [1.82, 2.24) is 9.80 Å². The van der Waals surface area contributed by atoms with Crippen molar-refractivity contribution in [2.75, 3.05) is 50.7 Å². The van der Waals surface area contributed by atoms with Gasteiger partial charge in [-0.15, -0.1) is 0 Å². The van der Waals surface area contributed by atoms with Crippen molar-refractivity contribution in [3.8, 4) is 0 Å². The molecule has 0 aliphatic carbocycles. The summed E-state index contributed by atoms with van der Waals surface area (Å²) in [7, 11) is -2.68. The lowest BCUT2D eigenvalue weighted by atomic mass is 10.1. The van der Waals surface area contributed by atoms with Gasteiger partial charge in [-0.3, -0.25) is 14.4 Å². The van der Waals surface area contributed by atoms with Gasteiger partial charge in [-0.2, -0.15) is 0 Å². The molecule has 24 heavy (non-hydrogen) atoms. The Morgan fingerprint density at radius 3 is 2.46 bits per heavy atom. The van der Waals surface area contributed by atoms with Gasteiger partial charge in [-0.05, 0) is 36.6 Å². The maximum atomic E-state index is 12.5. The molecule has 0 radical (unpaired) electrons. The van der Waals surface area contributed by atoms with Gasteiger partial charge >= 0.3 is 0 Å². The van der Waals surface area contributed by atoms with Gasteiger partial charge in [0.2, 0.25) is 10.9 Å². The second-order valence-corrected chi connectivity index (χ2v) is 7.01. The largest absolute Gasteiger partial charge is 0.381 e. The predicted molar refractivity (Wildman–Crippen MR) is 91.6 cm³/mol. The summed E-state index contributed by atoms with van der Waals surface area (Å²) >= 11 is 0. The Labute approximate surface area is 143 Å². The quantitative estimate of drug-likeness (QED) is 0.750. The lowest BCUT2D eigenvalue weighted by Crippen LogP contribution is -2.49. The number of carbonyl (C=O) groups excluding carboxylic acids is 1. The van der Waals surface area contributed by atoms with Crippen LogP contribution in [0.15, 0.2) is 24.3 Å². The van der Waals surface area contributed by atoms with E-state index in [0.717, 1.165) is 52.4 Å². The van der Waals surface area contributed by atoms with E-state index in [0.29, 0.717) is 17.2 Å². The second-order valence-electron chi connectivity index (χ2n) is 6.27. The van der Waals surface area contributed by atoms with Gasteiger partial charge in [-0.25, -0.2) is 8.42 Å². The highest BCUT2D eigenvalue weighted by atomic mass is 32.2. The summed E-state index contributed by atoms with van der Waals surface area (Å²) < 4.78 is 29.0. The van der Waals surface area contributed by atoms with Crippen LogP contribution >= 0.6 is 0 Å². The number of anilines is 1. The van der Waals surface area contributed by atoms with Crippen LogP contribution < -0.4 is 4.72 Å². The Hall–Kier alpha value is -1.64. The fraction of sp³-hybridized carbons (Fsp3) is 0.562. The number of nitrogens with one attached hydrogen (secondary N) is 1. The first-order chi connectivity index (χ1) is 11.6. The first kappa shape index (κ1) is 17.2. The Bertz CT molecular complexity index is 625. The molecule has 8 heteroatoms. The molecule has 2 fully saturated rings. The third-order valence-electron chi connectivity index (χ3n) is 4.55. The van der Waals surface area contributed by atoms with Crippen LogP contribution in [-0.2, 0) is 15.6 Å². The number of nitrogens with zero attached hydrogens (tertiary/aromatic N) is 2. The molecule has 0 unspecified atom stereocenters. The monoisotopic (exact) mass is 353 g/mol. The molecule has 0 saturated carbocycles. The highest BCUT2D eigenvalue weighted by Crippen LogP contribution is 2.17. The fourth-order valence-electron chi connectivity index (χ4n) is 3.20. The number of hydrogen-bond acceptors (Lipinski definition) is 5. The first-order valence-corrected chi connectivity index (χ1v) is 9.40. The fourth-order valence-corrected chi connectivity index (χ4v) is 3.56. The highest BCUT2D eigenvalue weighted by Gasteiger charge is 2.25. The van der Waals surface area contributed by atoms with Crippen LogP contribution in [0.4, 0.5) is 5.69 Å². The maximum absolute atomic E-state index is 12.5. The molecule has 1 N–H and O–H groups in total. The third kappa shape index (κ3) is 4.46. The van der Waals surface area contributed by atoms with Crippen LogP contribution in [-0.4, -0.2) is 70.1 Å². The molecule has 1 atom stereocenters. The molecule has 0 bridgehead atoms. The van der Waals surface area contributed by atoms with Gasteiger partial charge in [0.05, 0.1) is 6.61 Å². The molecule has 7 nitrogen and oxygen atoms in total. The van der Waals surface area contributed by atoms with E-state index >= 15 is 0 Å². The molecule has 1 aromatic carbocycles. The summed E-state index contributed by atoms with van der Waals surface area (Å²) in [5.74, 6) is 0.622. The van der Waals surface area contributed by atoms with Crippen LogP contribution in [0.2, 0.25) is 0 Å². The van der Waals surface area contributed by atoms with E-state index in [4.69, 9.17) is 4.74 Å². The zero-order valence-corrected chi connectivity index (χ0v) is 14.4. The molecule has 2 aliphatic heterocycles. The first-order valence-electron chi connectivity index (χ1n) is 8.22. The zero-order chi connectivity index (χ0) is 16.9. The van der Waals surface area contributed by atoms with Crippen molar-refractivity contribution in [3.05, 3.63) is 29.8 Å². The molecule has 1 amide bonds. The smallest absolute Gasteiger partial charge is 0.253 e. The van der Waals surface area contributed by atoms with Gasteiger partial charge in [0.1, 0.15) is 0 Å². The summed E-state index contributed by atoms with van der Waals surface area (Å²) in [5.41, 5.74) is 1.05. The van der Waals surface area contributed by atoms with Gasteiger partial charge in [-0.1, -0.05) is 0 Å². The summed E-state index contributed by atoms with van der Waals surface area (Å²) in [5, 5.41) is 0. The zero-order valence-electron chi connectivity index (χ0n) is 13.5. The van der Waals surface area contributed by atoms with Crippen molar-refractivity contribution in [2.24, 2.45) is 5.92 Å². The van der Waals surface area contributed by atoms with E-state index in [1.165, 1.54) is 0 Å². The summed E-state index contributed by atoms with van der Waals surface area (Å²) in [6.45, 7) is 5.99. The highest BCUT2D eigenvalue weighted by molar-refractivity contribution is 7.73. The van der Waals surface area contributed by atoms with Crippen molar-refractivity contribution >= 4 is 22.5 Å². The standard InChI is InChI=1S/C16H23N3O4S/c20-16(14-1-3-15(4-2-14)17-24(21)22)19-8-6-18(7-9-19)11-13-5-10-23-12-13/h1-4,13,24H,5-12H2,(H,17,21,22)/t13-/m1/s1. The number of ether oxygens (including phenoxy) is 1. The SMILES string of the molecule is O=C(c1ccc(N[SH](=O)=O)cc1)N1CCN(C[C@H]2CCOC2)CC1. The Morgan fingerprint density at radius 1 is 1.17 bits per heavy atom. The number of thiol groups is 1. The average molecular weight is 353 g/mol. The molecule has 132 valence electrons. The summed E-state index contributed by atoms with van der Waals surface area (Å²) in [6, 6.07) is 6.53. The Balaban J connectivity index is 1.51. The lowest BCUT2D eigenvalue weighted by Gasteiger charge is -2.35. The molecular formula is C16H23N3O4S. The second kappa shape index (κ2) is 7.96. The van der Waals surface area contributed by atoms with Crippen LogP contribution in [0, 0.1) is 5.92 Å². The van der Waals surface area contributed by atoms with Gasteiger partial charge in [0.15, 0.2) is 0 Å². The number of carbonyl (C=O) groups is 1. The van der Waals surface area contributed by atoms with E-state index < -0.39 is 10.9 Å². The third-order valence-corrected chi connectivity index (χ3v) is 4.99. The van der Waals surface area contributed by atoms with E-state index in [2.05, 4.69) is 9.62 Å². The van der Waals surface area contributed by atoms with E-state index in [1.807, 2.05) is 4.90 Å². The van der Waals surface area contributed by atoms with Crippen LogP contribution in [0.5, 0.6) is 0 Å². The average Bonchev–Trinajstić information content (AvgIpc) is 3.08. The minimum Gasteiger partial charge on any atom is -0.381 e. The van der Waals surface area contributed by atoms with Crippen molar-refractivity contribution in [3.63, 3.8) is 0 Å². The summed E-state index contributed by atoms with van der Waals surface area (Å²) in [4.78, 5) is 16.8. The van der Waals surface area contributed by atoms with E-state index in [9.17, 15) is 13.2 Å². The van der Waals surface area contributed by atoms with Crippen molar-refractivity contribution in [2.45, 2.75) is 6.42 Å².